The molecule has 0 unspecified atom stereocenters. The fourth-order valence-electron chi connectivity index (χ4n) is 2.09. The highest BCUT2D eigenvalue weighted by atomic mass is 16.2. The molecule has 1 amide bonds. The van der Waals surface area contributed by atoms with Crippen molar-refractivity contribution >= 4 is 23.2 Å². The molecule has 6 nitrogen and oxygen atoms in total. The second-order valence-electron chi connectivity index (χ2n) is 4.75. The third kappa shape index (κ3) is 3.35. The second kappa shape index (κ2) is 6.62. The predicted octanol–water partition coefficient (Wildman–Crippen LogP) is 1.97. The number of aryl methyl sites for hydroxylation is 1. The number of fused-ring (bicyclic) bond motifs is 1. The molecule has 0 aliphatic heterocycles. The molecule has 0 atom stereocenters. The summed E-state index contributed by atoms with van der Waals surface area (Å²) in [6.07, 6.45) is 7.03. The highest BCUT2D eigenvalue weighted by Crippen LogP contribution is 2.11. The summed E-state index contributed by atoms with van der Waals surface area (Å²) < 4.78 is 1.96. The minimum absolute atomic E-state index is 0.136. The maximum atomic E-state index is 11.8. The Balaban J connectivity index is 1.53. The van der Waals surface area contributed by atoms with E-state index in [1.54, 1.807) is 24.9 Å². The Morgan fingerprint density at radius 3 is 2.91 bits per heavy atom. The van der Waals surface area contributed by atoms with Crippen molar-refractivity contribution in [2.45, 2.75) is 13.0 Å². The molecule has 110 valence electrons. The Morgan fingerprint density at radius 2 is 2.05 bits per heavy atom. The summed E-state index contributed by atoms with van der Waals surface area (Å²) in [6.45, 7) is 0.567. The molecule has 0 saturated heterocycles. The van der Waals surface area contributed by atoms with E-state index in [1.807, 2.05) is 41.0 Å². The average molecular weight is 293 g/mol. The van der Waals surface area contributed by atoms with Crippen molar-refractivity contribution in [3.05, 3.63) is 60.7 Å². The lowest BCUT2D eigenvalue weighted by atomic mass is 10.3. The molecule has 3 rings (SSSR count). The van der Waals surface area contributed by atoms with Gasteiger partial charge in [0.05, 0.1) is 23.6 Å². The van der Waals surface area contributed by atoms with Crippen LogP contribution in [0.2, 0.25) is 0 Å². The first-order valence-electron chi connectivity index (χ1n) is 6.95. The number of amides is 1. The lowest BCUT2D eigenvalue weighted by Gasteiger charge is -2.03. The van der Waals surface area contributed by atoms with E-state index >= 15 is 0 Å². The van der Waals surface area contributed by atoms with Crippen LogP contribution in [0.4, 0.5) is 0 Å². The van der Waals surface area contributed by atoms with E-state index < -0.39 is 0 Å². The van der Waals surface area contributed by atoms with Crippen LogP contribution < -0.4 is 5.43 Å². The number of benzene rings is 1. The molecular weight excluding hydrogens is 278 g/mol. The monoisotopic (exact) mass is 293 g/mol. The summed E-state index contributed by atoms with van der Waals surface area (Å²) in [6, 6.07) is 11.5. The number of nitrogens with one attached hydrogen (secondary N) is 1. The number of pyridine rings is 1. The van der Waals surface area contributed by atoms with Crippen LogP contribution in [0.1, 0.15) is 12.0 Å². The summed E-state index contributed by atoms with van der Waals surface area (Å²) in [7, 11) is 0. The molecule has 0 fully saturated rings. The fraction of sp³-hybridized carbons (Fsp3) is 0.125. The smallest absolute Gasteiger partial charge is 0.241 e. The van der Waals surface area contributed by atoms with Crippen molar-refractivity contribution in [1.29, 1.82) is 0 Å². The molecule has 0 saturated carbocycles. The van der Waals surface area contributed by atoms with E-state index in [0.717, 1.165) is 16.6 Å². The normalized spacial score (nSPS) is 11.1. The molecule has 0 aliphatic carbocycles. The standard InChI is InChI=1S/C16H15N5O/c22-16(20-19-11-13-5-8-17-9-6-13)7-10-21-12-18-14-3-1-2-4-15(14)21/h1-6,8-9,11-12H,7,10H2,(H,20,22)/b19-11-. The van der Waals surface area contributed by atoms with E-state index in [9.17, 15) is 4.79 Å². The number of imidazole rings is 1. The van der Waals surface area contributed by atoms with Gasteiger partial charge in [0.2, 0.25) is 5.91 Å². The number of hydrogen-bond donors (Lipinski definition) is 1. The van der Waals surface area contributed by atoms with Gasteiger partial charge in [0, 0.05) is 25.4 Å². The molecule has 6 heteroatoms. The van der Waals surface area contributed by atoms with Gasteiger partial charge in [-0.25, -0.2) is 10.4 Å². The van der Waals surface area contributed by atoms with Gasteiger partial charge >= 0.3 is 0 Å². The average Bonchev–Trinajstić information content (AvgIpc) is 2.97. The van der Waals surface area contributed by atoms with Crippen LogP contribution >= 0.6 is 0 Å². The van der Waals surface area contributed by atoms with Gasteiger partial charge < -0.3 is 4.57 Å². The van der Waals surface area contributed by atoms with E-state index in [-0.39, 0.29) is 5.91 Å². The molecule has 2 aromatic heterocycles. The molecular formula is C16H15N5O. The quantitative estimate of drug-likeness (QED) is 0.577. The molecule has 3 aromatic rings. The maximum Gasteiger partial charge on any atom is 0.241 e. The van der Waals surface area contributed by atoms with Crippen molar-refractivity contribution in [1.82, 2.24) is 20.0 Å². The van der Waals surface area contributed by atoms with Crippen LogP contribution in [0.15, 0.2) is 60.2 Å². The number of hydrogen-bond acceptors (Lipinski definition) is 4. The number of para-hydroxylation sites is 2. The third-order valence-corrected chi connectivity index (χ3v) is 3.22. The zero-order chi connectivity index (χ0) is 15.2. The Labute approximate surface area is 127 Å². The number of nitrogens with zero attached hydrogens (tertiary/aromatic N) is 4. The first kappa shape index (κ1) is 13.9. The predicted molar refractivity (Wildman–Crippen MR) is 84.3 cm³/mol. The molecule has 22 heavy (non-hydrogen) atoms. The summed E-state index contributed by atoms with van der Waals surface area (Å²) >= 11 is 0. The molecule has 0 bridgehead atoms. The Hall–Kier alpha value is -3.02. The second-order valence-corrected chi connectivity index (χ2v) is 4.75. The van der Waals surface area contributed by atoms with E-state index in [1.165, 1.54) is 0 Å². The van der Waals surface area contributed by atoms with Crippen LogP contribution in [0.3, 0.4) is 0 Å². The van der Waals surface area contributed by atoms with Crippen molar-refractivity contribution in [3.8, 4) is 0 Å². The zero-order valence-electron chi connectivity index (χ0n) is 11.9. The minimum atomic E-state index is -0.136. The Morgan fingerprint density at radius 1 is 1.23 bits per heavy atom. The molecule has 0 aliphatic rings. The van der Waals surface area contributed by atoms with Crippen LogP contribution in [-0.4, -0.2) is 26.7 Å². The van der Waals surface area contributed by atoms with Crippen molar-refractivity contribution in [2.24, 2.45) is 5.10 Å². The Kier molecular flexibility index (Phi) is 4.20. The highest BCUT2D eigenvalue weighted by Gasteiger charge is 2.04. The SMILES string of the molecule is O=C(CCn1cnc2ccccc21)N/N=C\c1ccncc1. The minimum Gasteiger partial charge on any atom is -0.330 e. The first-order chi connectivity index (χ1) is 10.8. The van der Waals surface area contributed by atoms with Gasteiger partial charge in [0.1, 0.15) is 0 Å². The summed E-state index contributed by atoms with van der Waals surface area (Å²) in [5.74, 6) is -0.136. The molecule has 0 radical (unpaired) electrons. The van der Waals surface area contributed by atoms with Crippen molar-refractivity contribution in [2.75, 3.05) is 0 Å². The van der Waals surface area contributed by atoms with Crippen LogP contribution in [0.25, 0.3) is 11.0 Å². The van der Waals surface area contributed by atoms with E-state index in [2.05, 4.69) is 20.5 Å². The molecule has 2 heterocycles. The van der Waals surface area contributed by atoms with E-state index in [4.69, 9.17) is 0 Å². The zero-order valence-corrected chi connectivity index (χ0v) is 11.9. The van der Waals surface area contributed by atoms with Crippen molar-refractivity contribution in [3.63, 3.8) is 0 Å². The van der Waals surface area contributed by atoms with Gasteiger partial charge in [-0.05, 0) is 29.8 Å². The summed E-state index contributed by atoms with van der Waals surface area (Å²) in [5.41, 5.74) is 5.36. The highest BCUT2D eigenvalue weighted by molar-refractivity contribution is 5.82. The Bertz CT molecular complexity index is 794. The molecule has 1 aromatic carbocycles. The van der Waals surface area contributed by atoms with Crippen LogP contribution in [-0.2, 0) is 11.3 Å². The topological polar surface area (TPSA) is 72.2 Å². The van der Waals surface area contributed by atoms with Gasteiger partial charge in [-0.2, -0.15) is 5.10 Å². The third-order valence-electron chi connectivity index (χ3n) is 3.22. The van der Waals surface area contributed by atoms with E-state index in [0.29, 0.717) is 13.0 Å². The summed E-state index contributed by atoms with van der Waals surface area (Å²) in [5, 5.41) is 3.93. The lowest BCUT2D eigenvalue weighted by molar-refractivity contribution is -0.121. The largest absolute Gasteiger partial charge is 0.330 e. The van der Waals surface area contributed by atoms with Gasteiger partial charge in [-0.1, -0.05) is 12.1 Å². The number of carbonyl (C=O) groups is 1. The molecule has 0 spiro atoms. The number of hydrazone groups is 1. The fourth-order valence-corrected chi connectivity index (χ4v) is 2.09. The van der Waals surface area contributed by atoms with Gasteiger partial charge in [0.25, 0.3) is 0 Å². The number of rotatable bonds is 5. The van der Waals surface area contributed by atoms with Gasteiger partial charge in [0.15, 0.2) is 0 Å². The van der Waals surface area contributed by atoms with Gasteiger partial charge in [-0.3, -0.25) is 9.78 Å². The number of carbonyl (C=O) groups excluding carboxylic acids is 1. The van der Waals surface area contributed by atoms with Crippen molar-refractivity contribution < 1.29 is 4.79 Å². The maximum absolute atomic E-state index is 11.8. The molecule has 1 N–H and O–H groups in total. The number of aromatic nitrogens is 3. The first-order valence-corrected chi connectivity index (χ1v) is 6.95. The van der Waals surface area contributed by atoms with Crippen LogP contribution in [0, 0.1) is 0 Å². The summed E-state index contributed by atoms with van der Waals surface area (Å²) in [4.78, 5) is 20.0. The lowest BCUT2D eigenvalue weighted by Crippen LogP contribution is -2.19. The van der Waals surface area contributed by atoms with Crippen LogP contribution in [0.5, 0.6) is 0 Å². The van der Waals surface area contributed by atoms with Gasteiger partial charge in [-0.15, -0.1) is 0 Å².